The van der Waals surface area contributed by atoms with Gasteiger partial charge in [0.05, 0.1) is 6.61 Å². The molecule has 172 valence electrons. The summed E-state index contributed by atoms with van der Waals surface area (Å²) in [4.78, 5) is 0. The van der Waals surface area contributed by atoms with Gasteiger partial charge in [0.1, 0.15) is 0 Å². The van der Waals surface area contributed by atoms with Gasteiger partial charge in [0.2, 0.25) is 0 Å². The molecule has 0 aromatic heterocycles. The molecule has 5 nitrogen and oxygen atoms in total. The molecule has 0 aliphatic heterocycles. The molecule has 0 saturated carbocycles. The Balaban J connectivity index is 0. The highest BCUT2D eigenvalue weighted by Gasteiger charge is 2.01. The van der Waals surface area contributed by atoms with Crippen molar-refractivity contribution in [2.45, 2.75) is 122 Å². The van der Waals surface area contributed by atoms with E-state index in [9.17, 15) is 5.11 Å². The molecule has 1 unspecified atom stereocenters. The number of rotatable bonds is 21. The number of unbranched alkanes of at least 4 members (excludes halogenated alkanes) is 15. The molecule has 0 heterocycles. The lowest BCUT2D eigenvalue weighted by Crippen LogP contribution is -2.17. The van der Waals surface area contributed by atoms with Crippen molar-refractivity contribution in [3.05, 3.63) is 0 Å². The van der Waals surface area contributed by atoms with Gasteiger partial charge in [-0.25, -0.2) is 0 Å². The summed E-state index contributed by atoms with van der Waals surface area (Å²) in [6.07, 6.45) is 21.9. The number of nitrogens with two attached hydrogens (primary N) is 2. The van der Waals surface area contributed by atoms with E-state index in [-0.39, 0.29) is 6.61 Å². The zero-order valence-corrected chi connectivity index (χ0v) is 18.9. The van der Waals surface area contributed by atoms with Crippen LogP contribution in [-0.2, 0) is 4.74 Å². The standard InChI is InChI=1S/C21H45NO2.C2H7NO/c1-2-3-4-5-6-7-8-9-10-11-12-13-14-15-16-17-20-24-21(23)18-19-22;3-1-2-4/h21,23H,2-20,22H2,1H3;4H,1-3H2. The van der Waals surface area contributed by atoms with Crippen LogP contribution in [0.3, 0.4) is 0 Å². The quantitative estimate of drug-likeness (QED) is 0.161. The van der Waals surface area contributed by atoms with E-state index < -0.39 is 6.29 Å². The van der Waals surface area contributed by atoms with Gasteiger partial charge in [-0.1, -0.05) is 103 Å². The van der Waals surface area contributed by atoms with Crippen molar-refractivity contribution in [3.63, 3.8) is 0 Å². The van der Waals surface area contributed by atoms with E-state index in [1.54, 1.807) is 0 Å². The molecule has 0 bridgehead atoms. The van der Waals surface area contributed by atoms with Crippen molar-refractivity contribution in [3.8, 4) is 0 Å². The lowest BCUT2D eigenvalue weighted by molar-refractivity contribution is -0.102. The van der Waals surface area contributed by atoms with Gasteiger partial charge in [0.15, 0.2) is 6.29 Å². The summed E-state index contributed by atoms with van der Waals surface area (Å²) in [6, 6.07) is 0. The molecule has 0 aliphatic rings. The fourth-order valence-electron chi connectivity index (χ4n) is 3.10. The second kappa shape index (κ2) is 29.0. The lowest BCUT2D eigenvalue weighted by atomic mass is 10.0. The first-order valence-electron chi connectivity index (χ1n) is 12.0. The molecular formula is C23H52N2O3. The van der Waals surface area contributed by atoms with Crippen LogP contribution >= 0.6 is 0 Å². The summed E-state index contributed by atoms with van der Waals surface area (Å²) in [7, 11) is 0. The van der Waals surface area contributed by atoms with Crippen LogP contribution in [0.25, 0.3) is 0 Å². The third-order valence-corrected chi connectivity index (χ3v) is 4.85. The minimum atomic E-state index is -0.661. The first-order chi connectivity index (χ1) is 13.7. The Bertz CT molecular complexity index is 254. The zero-order chi connectivity index (χ0) is 21.1. The summed E-state index contributed by atoms with van der Waals surface area (Å²) < 4.78 is 5.28. The summed E-state index contributed by atoms with van der Waals surface area (Å²) in [5.74, 6) is 0. The predicted molar refractivity (Wildman–Crippen MR) is 121 cm³/mol. The predicted octanol–water partition coefficient (Wildman–Crippen LogP) is 4.87. The number of hydrogen-bond acceptors (Lipinski definition) is 5. The van der Waals surface area contributed by atoms with E-state index in [0.717, 1.165) is 6.42 Å². The fraction of sp³-hybridized carbons (Fsp3) is 1.00. The van der Waals surface area contributed by atoms with Crippen LogP contribution in [0.4, 0.5) is 0 Å². The van der Waals surface area contributed by atoms with Crippen LogP contribution in [0, 0.1) is 0 Å². The van der Waals surface area contributed by atoms with E-state index >= 15 is 0 Å². The van der Waals surface area contributed by atoms with E-state index in [1.807, 2.05) is 0 Å². The molecule has 5 heteroatoms. The van der Waals surface area contributed by atoms with Crippen LogP contribution < -0.4 is 11.5 Å². The number of aliphatic hydroxyl groups is 2. The largest absolute Gasteiger partial charge is 0.395 e. The zero-order valence-electron chi connectivity index (χ0n) is 18.9. The van der Waals surface area contributed by atoms with Crippen molar-refractivity contribution in [2.24, 2.45) is 11.5 Å². The Hall–Kier alpha value is -0.200. The average molecular weight is 405 g/mol. The number of ether oxygens (including phenoxy) is 1. The second-order valence-corrected chi connectivity index (χ2v) is 7.72. The van der Waals surface area contributed by atoms with Crippen LogP contribution in [-0.4, -0.2) is 42.8 Å². The summed E-state index contributed by atoms with van der Waals surface area (Å²) in [6.45, 7) is 3.91. The SMILES string of the molecule is CCCCCCCCCCCCCCCCCCOC(O)CCN.NCCO. The smallest absolute Gasteiger partial charge is 0.155 e. The topological polar surface area (TPSA) is 102 Å². The first-order valence-corrected chi connectivity index (χ1v) is 12.0. The number of aliphatic hydroxyl groups excluding tert-OH is 2. The Labute approximate surface area is 175 Å². The lowest BCUT2D eigenvalue weighted by Gasteiger charge is -2.10. The molecule has 0 aliphatic carbocycles. The fourth-order valence-corrected chi connectivity index (χ4v) is 3.10. The van der Waals surface area contributed by atoms with Gasteiger partial charge in [0, 0.05) is 19.6 Å². The third kappa shape index (κ3) is 30.5. The van der Waals surface area contributed by atoms with Gasteiger partial charge in [-0.05, 0) is 13.0 Å². The molecule has 0 aromatic carbocycles. The molecule has 0 saturated heterocycles. The number of hydrogen-bond donors (Lipinski definition) is 4. The van der Waals surface area contributed by atoms with Crippen molar-refractivity contribution in [2.75, 3.05) is 26.3 Å². The molecule has 0 aromatic rings. The van der Waals surface area contributed by atoms with E-state index in [4.69, 9.17) is 21.3 Å². The second-order valence-electron chi connectivity index (χ2n) is 7.72. The van der Waals surface area contributed by atoms with Gasteiger partial charge < -0.3 is 26.4 Å². The highest BCUT2D eigenvalue weighted by atomic mass is 16.6. The van der Waals surface area contributed by atoms with Crippen molar-refractivity contribution in [1.29, 1.82) is 0 Å². The minimum Gasteiger partial charge on any atom is -0.395 e. The molecule has 0 radical (unpaired) electrons. The van der Waals surface area contributed by atoms with Crippen LogP contribution in [0.5, 0.6) is 0 Å². The van der Waals surface area contributed by atoms with E-state index in [1.165, 1.54) is 96.3 Å². The summed E-state index contributed by atoms with van der Waals surface area (Å²) >= 11 is 0. The summed E-state index contributed by atoms with van der Waals surface area (Å²) in [5.41, 5.74) is 10.1. The van der Waals surface area contributed by atoms with E-state index in [0.29, 0.717) is 26.1 Å². The molecule has 1 atom stereocenters. The Morgan fingerprint density at radius 1 is 0.643 bits per heavy atom. The maximum atomic E-state index is 9.37. The van der Waals surface area contributed by atoms with Crippen LogP contribution in [0.15, 0.2) is 0 Å². The molecule has 0 rings (SSSR count). The van der Waals surface area contributed by atoms with Gasteiger partial charge in [-0.15, -0.1) is 0 Å². The molecule has 6 N–H and O–H groups in total. The Morgan fingerprint density at radius 3 is 1.32 bits per heavy atom. The average Bonchev–Trinajstić information content (AvgIpc) is 2.70. The Kier molecular flexibility index (Phi) is 31.1. The Morgan fingerprint density at radius 2 is 1.00 bits per heavy atom. The molecule has 0 fully saturated rings. The highest BCUT2D eigenvalue weighted by molar-refractivity contribution is 4.50. The third-order valence-electron chi connectivity index (χ3n) is 4.85. The van der Waals surface area contributed by atoms with Crippen LogP contribution in [0.2, 0.25) is 0 Å². The monoisotopic (exact) mass is 404 g/mol. The maximum absolute atomic E-state index is 9.37. The van der Waals surface area contributed by atoms with Crippen molar-refractivity contribution in [1.82, 2.24) is 0 Å². The van der Waals surface area contributed by atoms with Gasteiger partial charge in [-0.2, -0.15) is 0 Å². The summed E-state index contributed by atoms with van der Waals surface area (Å²) in [5, 5.41) is 17.1. The van der Waals surface area contributed by atoms with E-state index in [2.05, 4.69) is 6.92 Å². The normalized spacial score (nSPS) is 11.9. The molecule has 0 amide bonds. The van der Waals surface area contributed by atoms with Crippen molar-refractivity contribution < 1.29 is 14.9 Å². The maximum Gasteiger partial charge on any atom is 0.155 e. The minimum absolute atomic E-state index is 0.0972. The first kappa shape index (κ1) is 30.0. The molecular weight excluding hydrogens is 352 g/mol. The van der Waals surface area contributed by atoms with Gasteiger partial charge >= 0.3 is 0 Å². The molecule has 0 spiro atoms. The van der Waals surface area contributed by atoms with Gasteiger partial charge in [-0.3, -0.25) is 0 Å². The highest BCUT2D eigenvalue weighted by Crippen LogP contribution is 2.13. The van der Waals surface area contributed by atoms with Crippen molar-refractivity contribution >= 4 is 0 Å². The molecule has 28 heavy (non-hydrogen) atoms. The van der Waals surface area contributed by atoms with Gasteiger partial charge in [0.25, 0.3) is 0 Å². The van der Waals surface area contributed by atoms with Crippen LogP contribution in [0.1, 0.15) is 116 Å².